The van der Waals surface area contributed by atoms with Gasteiger partial charge in [0.2, 0.25) is 0 Å². The number of amides is 1. The van der Waals surface area contributed by atoms with Gasteiger partial charge < -0.3 is 5.32 Å². The second-order valence-electron chi connectivity index (χ2n) is 7.91. The van der Waals surface area contributed by atoms with Crippen LogP contribution in [-0.4, -0.2) is 33.7 Å². The Bertz CT molecular complexity index is 926. The molecule has 1 aliphatic heterocycles. The molecule has 2 aromatic carbocycles. The largest absolute Gasteiger partial charge is 0.348 e. The number of likely N-dealkylation sites (tertiary alicyclic amines) is 1. The summed E-state index contributed by atoms with van der Waals surface area (Å²) in [7, 11) is 0. The summed E-state index contributed by atoms with van der Waals surface area (Å²) in [6.45, 7) is 6.15. The fourth-order valence-electron chi connectivity index (χ4n) is 3.81. The Balaban J connectivity index is 1.37. The van der Waals surface area contributed by atoms with Crippen molar-refractivity contribution >= 4 is 5.91 Å². The Kier molecular flexibility index (Phi) is 6.06. The van der Waals surface area contributed by atoms with E-state index in [2.05, 4.69) is 40.4 Å². The van der Waals surface area contributed by atoms with E-state index in [-0.39, 0.29) is 5.91 Å². The van der Waals surface area contributed by atoms with Crippen molar-refractivity contribution in [3.8, 4) is 5.69 Å². The molecule has 0 radical (unpaired) electrons. The van der Waals surface area contributed by atoms with E-state index < -0.39 is 0 Å². The van der Waals surface area contributed by atoms with E-state index in [0.717, 1.165) is 31.2 Å². The lowest BCUT2D eigenvalue weighted by atomic mass is 9.98. The first-order valence-electron chi connectivity index (χ1n) is 10.4. The number of piperidine rings is 1. The smallest absolute Gasteiger partial charge is 0.251 e. The summed E-state index contributed by atoms with van der Waals surface area (Å²) in [6.07, 6.45) is 6.17. The lowest BCUT2D eigenvalue weighted by molar-refractivity contribution is 0.0950. The number of aromatic nitrogens is 2. The van der Waals surface area contributed by atoms with Crippen LogP contribution < -0.4 is 5.32 Å². The molecule has 0 bridgehead atoms. The predicted molar refractivity (Wildman–Crippen MR) is 115 cm³/mol. The van der Waals surface area contributed by atoms with Gasteiger partial charge in [0.1, 0.15) is 0 Å². The minimum absolute atomic E-state index is 0.0568. The number of nitrogens with one attached hydrogen (secondary N) is 1. The Labute approximate surface area is 172 Å². The van der Waals surface area contributed by atoms with Gasteiger partial charge in [0, 0.05) is 31.0 Å². The first-order chi connectivity index (χ1) is 14.2. The number of carbonyl (C=O) groups excluding carboxylic acids is 1. The number of rotatable bonds is 6. The molecule has 29 heavy (non-hydrogen) atoms. The summed E-state index contributed by atoms with van der Waals surface area (Å²) in [5.74, 6) is 0.777. The molecule has 0 unspecified atom stereocenters. The number of nitrogens with zero attached hydrogens (tertiary/aromatic N) is 3. The molecule has 1 aromatic heterocycles. The highest BCUT2D eigenvalue weighted by Crippen LogP contribution is 2.20. The van der Waals surface area contributed by atoms with Crippen molar-refractivity contribution in [3.63, 3.8) is 0 Å². The second-order valence-corrected chi connectivity index (χ2v) is 7.91. The molecule has 2 heterocycles. The molecule has 5 nitrogen and oxygen atoms in total. The standard InChI is InChI=1S/C24H28N4O/c1-19-11-15-27(16-12-19)18-22-6-3-2-5-21(22)17-25-24(29)20-7-9-23(10-8-20)28-14-4-13-26-28/h2-10,13-14,19H,11-12,15-18H2,1H3,(H,25,29). The van der Waals surface area contributed by atoms with Crippen molar-refractivity contribution in [3.05, 3.63) is 83.7 Å². The molecular weight excluding hydrogens is 360 g/mol. The molecule has 4 rings (SSSR count). The first kappa shape index (κ1) is 19.4. The Morgan fingerprint density at radius 2 is 1.76 bits per heavy atom. The van der Waals surface area contributed by atoms with Crippen molar-refractivity contribution in [2.24, 2.45) is 5.92 Å². The maximum absolute atomic E-state index is 12.6. The average molecular weight is 389 g/mol. The van der Waals surface area contributed by atoms with E-state index in [4.69, 9.17) is 0 Å². The fraction of sp³-hybridized carbons (Fsp3) is 0.333. The lowest BCUT2D eigenvalue weighted by Gasteiger charge is -2.30. The van der Waals surface area contributed by atoms with E-state index in [1.54, 1.807) is 10.9 Å². The number of benzene rings is 2. The number of hydrogen-bond acceptors (Lipinski definition) is 3. The fourth-order valence-corrected chi connectivity index (χ4v) is 3.81. The highest BCUT2D eigenvalue weighted by atomic mass is 16.1. The molecular formula is C24H28N4O. The molecule has 1 saturated heterocycles. The third kappa shape index (κ3) is 4.93. The Morgan fingerprint density at radius 1 is 1.03 bits per heavy atom. The van der Waals surface area contributed by atoms with Crippen molar-refractivity contribution < 1.29 is 4.79 Å². The number of hydrogen-bond donors (Lipinski definition) is 1. The van der Waals surface area contributed by atoms with Gasteiger partial charge in [0.25, 0.3) is 5.91 Å². The summed E-state index contributed by atoms with van der Waals surface area (Å²) >= 11 is 0. The average Bonchev–Trinajstić information content (AvgIpc) is 3.30. The zero-order valence-corrected chi connectivity index (χ0v) is 16.9. The van der Waals surface area contributed by atoms with Crippen LogP contribution in [0, 0.1) is 5.92 Å². The molecule has 0 atom stereocenters. The minimum atomic E-state index is -0.0568. The maximum atomic E-state index is 12.6. The summed E-state index contributed by atoms with van der Waals surface area (Å²) < 4.78 is 1.78. The van der Waals surface area contributed by atoms with Crippen LogP contribution >= 0.6 is 0 Å². The SMILES string of the molecule is CC1CCN(Cc2ccccc2CNC(=O)c2ccc(-n3cccn3)cc2)CC1. The lowest BCUT2D eigenvalue weighted by Crippen LogP contribution is -2.33. The molecule has 5 heteroatoms. The van der Waals surface area contributed by atoms with Crippen molar-refractivity contribution in [1.29, 1.82) is 0 Å². The molecule has 150 valence electrons. The van der Waals surface area contributed by atoms with Crippen LogP contribution in [0.25, 0.3) is 5.69 Å². The third-order valence-electron chi connectivity index (χ3n) is 5.73. The van der Waals surface area contributed by atoms with Crippen LogP contribution in [0.1, 0.15) is 41.3 Å². The summed E-state index contributed by atoms with van der Waals surface area (Å²) in [4.78, 5) is 15.1. The highest BCUT2D eigenvalue weighted by Gasteiger charge is 2.17. The van der Waals surface area contributed by atoms with Crippen LogP contribution in [0.5, 0.6) is 0 Å². The van der Waals surface area contributed by atoms with E-state index in [1.165, 1.54) is 24.0 Å². The van der Waals surface area contributed by atoms with Crippen molar-refractivity contribution in [1.82, 2.24) is 20.0 Å². The quantitative estimate of drug-likeness (QED) is 0.693. The van der Waals surface area contributed by atoms with E-state index in [9.17, 15) is 4.79 Å². The summed E-state index contributed by atoms with van der Waals surface area (Å²) in [5, 5.41) is 7.29. The first-order valence-corrected chi connectivity index (χ1v) is 10.4. The van der Waals surface area contributed by atoms with Gasteiger partial charge in [0.05, 0.1) is 5.69 Å². The van der Waals surface area contributed by atoms with Gasteiger partial charge in [-0.05, 0) is 73.3 Å². The second kappa shape index (κ2) is 9.05. The minimum Gasteiger partial charge on any atom is -0.348 e. The van der Waals surface area contributed by atoms with Crippen LogP contribution in [-0.2, 0) is 13.1 Å². The maximum Gasteiger partial charge on any atom is 0.251 e. The zero-order chi connectivity index (χ0) is 20.1. The molecule has 1 amide bonds. The highest BCUT2D eigenvalue weighted by molar-refractivity contribution is 5.94. The Hall–Kier alpha value is -2.92. The van der Waals surface area contributed by atoms with Gasteiger partial charge >= 0.3 is 0 Å². The molecule has 1 N–H and O–H groups in total. The predicted octanol–water partition coefficient (Wildman–Crippen LogP) is 4.03. The molecule has 0 saturated carbocycles. The van der Waals surface area contributed by atoms with E-state index >= 15 is 0 Å². The molecule has 0 aliphatic carbocycles. The van der Waals surface area contributed by atoms with E-state index in [1.807, 2.05) is 42.6 Å². The van der Waals surface area contributed by atoms with Crippen LogP contribution in [0.3, 0.4) is 0 Å². The Morgan fingerprint density at radius 3 is 2.45 bits per heavy atom. The van der Waals surface area contributed by atoms with Gasteiger partial charge in [-0.1, -0.05) is 31.2 Å². The van der Waals surface area contributed by atoms with Crippen LogP contribution in [0.4, 0.5) is 0 Å². The van der Waals surface area contributed by atoms with Gasteiger partial charge in [-0.3, -0.25) is 9.69 Å². The van der Waals surface area contributed by atoms with E-state index in [0.29, 0.717) is 12.1 Å². The zero-order valence-electron chi connectivity index (χ0n) is 16.9. The normalized spacial score (nSPS) is 15.3. The van der Waals surface area contributed by atoms with Gasteiger partial charge in [-0.15, -0.1) is 0 Å². The van der Waals surface area contributed by atoms with Gasteiger partial charge in [0.15, 0.2) is 0 Å². The monoisotopic (exact) mass is 388 g/mol. The topological polar surface area (TPSA) is 50.2 Å². The molecule has 1 fully saturated rings. The number of carbonyl (C=O) groups is 1. The molecule has 3 aromatic rings. The van der Waals surface area contributed by atoms with Crippen LogP contribution in [0.15, 0.2) is 67.0 Å². The van der Waals surface area contributed by atoms with Crippen molar-refractivity contribution in [2.45, 2.75) is 32.9 Å². The molecule has 1 aliphatic rings. The molecule has 0 spiro atoms. The van der Waals surface area contributed by atoms with Gasteiger partial charge in [-0.25, -0.2) is 4.68 Å². The third-order valence-corrected chi connectivity index (χ3v) is 5.73. The summed E-state index contributed by atoms with van der Waals surface area (Å²) in [5.41, 5.74) is 4.08. The summed E-state index contributed by atoms with van der Waals surface area (Å²) in [6, 6.07) is 17.8. The van der Waals surface area contributed by atoms with Crippen molar-refractivity contribution in [2.75, 3.05) is 13.1 Å². The van der Waals surface area contributed by atoms with Crippen LogP contribution in [0.2, 0.25) is 0 Å². The van der Waals surface area contributed by atoms with Gasteiger partial charge in [-0.2, -0.15) is 5.10 Å².